The smallest absolute Gasteiger partial charge is 0.191 e. The molecule has 1 saturated heterocycles. The maximum atomic E-state index is 4.78. The molecule has 0 bridgehead atoms. The lowest BCUT2D eigenvalue weighted by Gasteiger charge is -2.21. The summed E-state index contributed by atoms with van der Waals surface area (Å²) >= 11 is 0. The highest BCUT2D eigenvalue weighted by molar-refractivity contribution is 5.80. The van der Waals surface area contributed by atoms with Crippen LogP contribution in [0.3, 0.4) is 0 Å². The number of aryl methyl sites for hydroxylation is 2. The molecule has 1 aromatic carbocycles. The Morgan fingerprint density at radius 2 is 2.07 bits per heavy atom. The molecule has 0 saturated carbocycles. The van der Waals surface area contributed by atoms with E-state index in [9.17, 15) is 0 Å². The Hall–Kier alpha value is -2.34. The molecule has 2 unspecified atom stereocenters. The molecule has 2 aromatic rings. The fraction of sp³-hybridized carbons (Fsp3) is 0.545. The lowest BCUT2D eigenvalue weighted by atomic mass is 10.2. The number of nitrogens with zero attached hydrogens (tertiary/aromatic N) is 4. The van der Waals surface area contributed by atoms with E-state index in [0.717, 1.165) is 51.4 Å². The second-order valence-corrected chi connectivity index (χ2v) is 7.73. The first-order valence-electron chi connectivity index (χ1n) is 10.4. The predicted octanol–water partition coefficient (Wildman–Crippen LogP) is 2.57. The van der Waals surface area contributed by atoms with Gasteiger partial charge in [0.2, 0.25) is 0 Å². The van der Waals surface area contributed by atoms with Crippen molar-refractivity contribution in [2.45, 2.75) is 51.7 Å². The minimum atomic E-state index is 0.440. The molecular weight excluding hydrogens is 348 g/mol. The number of rotatable bonds is 8. The number of benzene rings is 1. The van der Waals surface area contributed by atoms with Crippen molar-refractivity contribution in [3.05, 3.63) is 53.9 Å². The number of hydrogen-bond acceptors (Lipinski definition) is 3. The van der Waals surface area contributed by atoms with E-state index in [1.807, 2.05) is 17.9 Å². The first kappa shape index (κ1) is 20.4. The molecule has 1 aliphatic heterocycles. The molecule has 1 aliphatic rings. The monoisotopic (exact) mass is 382 g/mol. The molecular formula is C22H34N6. The molecule has 0 spiro atoms. The van der Waals surface area contributed by atoms with Crippen molar-refractivity contribution in [3.8, 4) is 0 Å². The van der Waals surface area contributed by atoms with Gasteiger partial charge >= 0.3 is 0 Å². The van der Waals surface area contributed by atoms with Gasteiger partial charge in [-0.3, -0.25) is 14.6 Å². The fourth-order valence-electron chi connectivity index (χ4n) is 3.83. The molecule has 6 heteroatoms. The minimum Gasteiger partial charge on any atom is -0.357 e. The maximum absolute atomic E-state index is 4.78. The highest BCUT2D eigenvalue weighted by atomic mass is 15.3. The molecule has 0 amide bonds. The van der Waals surface area contributed by atoms with Crippen LogP contribution in [-0.4, -0.2) is 52.4 Å². The maximum Gasteiger partial charge on any atom is 0.191 e. The topological polar surface area (TPSA) is 57.5 Å². The average Bonchev–Trinajstić information content (AvgIpc) is 3.25. The van der Waals surface area contributed by atoms with E-state index < -0.39 is 0 Å². The standard InChI is InChI=1S/C22H34N6/c1-4-23-22(24-12-8-11-20-14-25-27(3)15-20)26-21-13-18(2)28(17-21)16-19-9-6-5-7-10-19/h5-7,9-10,14-15,18,21H,4,8,11-13,16-17H2,1-3H3,(H2,23,24,26). The molecule has 0 aliphatic carbocycles. The van der Waals surface area contributed by atoms with Gasteiger partial charge in [0.25, 0.3) is 0 Å². The van der Waals surface area contributed by atoms with E-state index >= 15 is 0 Å². The summed E-state index contributed by atoms with van der Waals surface area (Å²) < 4.78 is 1.85. The normalized spacial score (nSPS) is 20.5. The summed E-state index contributed by atoms with van der Waals surface area (Å²) in [6.07, 6.45) is 7.21. The highest BCUT2D eigenvalue weighted by Crippen LogP contribution is 2.20. The van der Waals surface area contributed by atoms with Crippen LogP contribution in [0.15, 0.2) is 47.7 Å². The minimum absolute atomic E-state index is 0.440. The number of hydrogen-bond donors (Lipinski definition) is 2. The van der Waals surface area contributed by atoms with Crippen LogP contribution in [0.5, 0.6) is 0 Å². The molecule has 3 rings (SSSR count). The van der Waals surface area contributed by atoms with Crippen LogP contribution in [0.2, 0.25) is 0 Å². The molecule has 28 heavy (non-hydrogen) atoms. The summed E-state index contributed by atoms with van der Waals surface area (Å²) in [6, 6.07) is 11.7. The zero-order valence-electron chi connectivity index (χ0n) is 17.4. The molecule has 1 aromatic heterocycles. The molecule has 1 fully saturated rings. The Labute approximate surface area is 169 Å². The number of nitrogens with one attached hydrogen (secondary N) is 2. The van der Waals surface area contributed by atoms with Gasteiger partial charge in [0.1, 0.15) is 0 Å². The Morgan fingerprint density at radius 3 is 2.79 bits per heavy atom. The van der Waals surface area contributed by atoms with Crippen LogP contribution in [-0.2, 0) is 20.0 Å². The van der Waals surface area contributed by atoms with E-state index in [0.29, 0.717) is 12.1 Å². The Kier molecular flexibility index (Phi) is 7.48. The summed E-state index contributed by atoms with van der Waals surface area (Å²) in [5, 5.41) is 11.3. The van der Waals surface area contributed by atoms with Gasteiger partial charge in [0, 0.05) is 51.5 Å². The molecule has 2 heterocycles. The fourth-order valence-corrected chi connectivity index (χ4v) is 3.83. The van der Waals surface area contributed by atoms with Crippen LogP contribution < -0.4 is 10.6 Å². The van der Waals surface area contributed by atoms with Crippen molar-refractivity contribution in [3.63, 3.8) is 0 Å². The van der Waals surface area contributed by atoms with Gasteiger partial charge in [-0.1, -0.05) is 30.3 Å². The summed E-state index contributed by atoms with van der Waals surface area (Å²) in [5.74, 6) is 0.937. The van der Waals surface area contributed by atoms with Gasteiger partial charge in [-0.25, -0.2) is 0 Å². The first-order valence-corrected chi connectivity index (χ1v) is 10.4. The third kappa shape index (κ3) is 6.09. The summed E-state index contributed by atoms with van der Waals surface area (Å²) in [6.45, 7) is 8.20. The van der Waals surface area contributed by atoms with Crippen LogP contribution in [0.25, 0.3) is 0 Å². The third-order valence-electron chi connectivity index (χ3n) is 5.27. The van der Waals surface area contributed by atoms with Gasteiger partial charge in [-0.2, -0.15) is 5.10 Å². The lowest BCUT2D eigenvalue weighted by molar-refractivity contribution is 0.258. The summed E-state index contributed by atoms with van der Waals surface area (Å²) in [5.41, 5.74) is 2.66. The molecule has 0 radical (unpaired) electrons. The molecule has 2 atom stereocenters. The van der Waals surface area contributed by atoms with Gasteiger partial charge in [-0.15, -0.1) is 0 Å². The van der Waals surface area contributed by atoms with Crippen molar-refractivity contribution >= 4 is 5.96 Å². The largest absolute Gasteiger partial charge is 0.357 e. The average molecular weight is 383 g/mol. The SMILES string of the molecule is CCNC(=NCCCc1cnn(C)c1)NC1CC(C)N(Cc2ccccc2)C1. The Morgan fingerprint density at radius 1 is 1.25 bits per heavy atom. The predicted molar refractivity (Wildman–Crippen MR) is 115 cm³/mol. The van der Waals surface area contributed by atoms with Crippen molar-refractivity contribution in [2.24, 2.45) is 12.0 Å². The van der Waals surface area contributed by atoms with Crippen molar-refractivity contribution in [2.75, 3.05) is 19.6 Å². The van der Waals surface area contributed by atoms with Crippen molar-refractivity contribution < 1.29 is 0 Å². The quantitative estimate of drug-likeness (QED) is 0.419. The number of aromatic nitrogens is 2. The first-order chi connectivity index (χ1) is 13.6. The van der Waals surface area contributed by atoms with Crippen molar-refractivity contribution in [1.82, 2.24) is 25.3 Å². The van der Waals surface area contributed by atoms with Crippen LogP contribution >= 0.6 is 0 Å². The summed E-state index contributed by atoms with van der Waals surface area (Å²) in [4.78, 5) is 7.34. The zero-order valence-corrected chi connectivity index (χ0v) is 17.4. The van der Waals surface area contributed by atoms with Gasteiger partial charge < -0.3 is 10.6 Å². The van der Waals surface area contributed by atoms with E-state index in [4.69, 9.17) is 4.99 Å². The Bertz CT molecular complexity index is 738. The van der Waals surface area contributed by atoms with Gasteiger partial charge in [0.05, 0.1) is 6.20 Å². The lowest BCUT2D eigenvalue weighted by Crippen LogP contribution is -2.44. The number of guanidine groups is 1. The highest BCUT2D eigenvalue weighted by Gasteiger charge is 2.29. The van der Waals surface area contributed by atoms with Gasteiger partial charge in [0.15, 0.2) is 5.96 Å². The molecule has 2 N–H and O–H groups in total. The van der Waals surface area contributed by atoms with E-state index in [-0.39, 0.29) is 0 Å². The summed E-state index contributed by atoms with van der Waals surface area (Å²) in [7, 11) is 1.96. The van der Waals surface area contributed by atoms with E-state index in [1.165, 1.54) is 11.1 Å². The van der Waals surface area contributed by atoms with E-state index in [1.54, 1.807) is 0 Å². The third-order valence-corrected chi connectivity index (χ3v) is 5.27. The van der Waals surface area contributed by atoms with Gasteiger partial charge in [-0.05, 0) is 44.2 Å². The zero-order chi connectivity index (χ0) is 19.8. The molecule has 6 nitrogen and oxygen atoms in total. The number of likely N-dealkylation sites (tertiary alicyclic amines) is 1. The number of aliphatic imine (C=N–C) groups is 1. The van der Waals surface area contributed by atoms with Crippen LogP contribution in [0.4, 0.5) is 0 Å². The van der Waals surface area contributed by atoms with Crippen molar-refractivity contribution in [1.29, 1.82) is 0 Å². The van der Waals surface area contributed by atoms with Crippen LogP contribution in [0, 0.1) is 0 Å². The van der Waals surface area contributed by atoms with E-state index in [2.05, 4.69) is 71.0 Å². The molecule has 152 valence electrons. The second kappa shape index (κ2) is 10.3. The van der Waals surface area contributed by atoms with Crippen LogP contribution in [0.1, 0.15) is 37.8 Å². The Balaban J connectivity index is 1.47. The second-order valence-electron chi connectivity index (χ2n) is 7.73.